The van der Waals surface area contributed by atoms with Crippen LogP contribution >= 0.6 is 0 Å². The average Bonchev–Trinajstić information content (AvgIpc) is 2.38. The van der Waals surface area contributed by atoms with Gasteiger partial charge in [0.25, 0.3) is 0 Å². The summed E-state index contributed by atoms with van der Waals surface area (Å²) in [7, 11) is 0. The summed E-state index contributed by atoms with van der Waals surface area (Å²) in [4.78, 5) is 8.07. The quantitative estimate of drug-likeness (QED) is 0.779. The van der Waals surface area contributed by atoms with E-state index in [4.69, 9.17) is 5.26 Å². The second kappa shape index (κ2) is 5.04. The SMILES string of the molecule is N#CC(Cc1cccnc1)c1cccnc1. The third-order valence-corrected chi connectivity index (χ3v) is 2.41. The summed E-state index contributed by atoms with van der Waals surface area (Å²) in [6.07, 6.45) is 7.65. The van der Waals surface area contributed by atoms with Crippen LogP contribution in [0.1, 0.15) is 17.0 Å². The van der Waals surface area contributed by atoms with Crippen LogP contribution in [0, 0.1) is 11.3 Å². The van der Waals surface area contributed by atoms with Crippen molar-refractivity contribution in [3.05, 3.63) is 60.2 Å². The Morgan fingerprint density at radius 2 is 1.88 bits per heavy atom. The number of pyridine rings is 2. The standard InChI is InChI=1S/C13H11N3/c14-8-13(12-4-2-6-16-10-12)7-11-3-1-5-15-9-11/h1-6,9-10,13H,7H2. The number of aromatic nitrogens is 2. The molecule has 0 radical (unpaired) electrons. The predicted octanol–water partition coefficient (Wildman–Crippen LogP) is 2.33. The molecule has 0 N–H and O–H groups in total. The van der Waals surface area contributed by atoms with Gasteiger partial charge in [0.1, 0.15) is 0 Å². The van der Waals surface area contributed by atoms with Gasteiger partial charge in [0.2, 0.25) is 0 Å². The van der Waals surface area contributed by atoms with E-state index in [-0.39, 0.29) is 5.92 Å². The van der Waals surface area contributed by atoms with E-state index >= 15 is 0 Å². The fourth-order valence-electron chi connectivity index (χ4n) is 1.57. The molecule has 2 rings (SSSR count). The molecular weight excluding hydrogens is 198 g/mol. The lowest BCUT2D eigenvalue weighted by Gasteiger charge is -2.08. The van der Waals surface area contributed by atoms with Crippen molar-refractivity contribution in [3.63, 3.8) is 0 Å². The minimum Gasteiger partial charge on any atom is -0.264 e. The van der Waals surface area contributed by atoms with Crippen molar-refractivity contribution in [2.75, 3.05) is 0 Å². The van der Waals surface area contributed by atoms with Crippen LogP contribution in [0.3, 0.4) is 0 Å². The largest absolute Gasteiger partial charge is 0.264 e. The highest BCUT2D eigenvalue weighted by molar-refractivity contribution is 5.25. The van der Waals surface area contributed by atoms with E-state index in [1.165, 1.54) is 0 Å². The molecule has 0 fully saturated rings. The van der Waals surface area contributed by atoms with Gasteiger partial charge < -0.3 is 0 Å². The van der Waals surface area contributed by atoms with Crippen molar-refractivity contribution in [1.82, 2.24) is 9.97 Å². The summed E-state index contributed by atoms with van der Waals surface area (Å²) in [6.45, 7) is 0. The molecule has 0 aliphatic heterocycles. The molecule has 0 aliphatic rings. The van der Waals surface area contributed by atoms with Crippen molar-refractivity contribution in [2.24, 2.45) is 0 Å². The lowest BCUT2D eigenvalue weighted by molar-refractivity contribution is 0.838. The average molecular weight is 209 g/mol. The fraction of sp³-hybridized carbons (Fsp3) is 0.154. The number of hydrogen-bond donors (Lipinski definition) is 0. The zero-order valence-corrected chi connectivity index (χ0v) is 8.74. The molecule has 0 saturated heterocycles. The lowest BCUT2D eigenvalue weighted by atomic mass is 9.95. The maximum absolute atomic E-state index is 9.14. The van der Waals surface area contributed by atoms with E-state index in [2.05, 4.69) is 16.0 Å². The molecule has 2 aromatic heterocycles. The number of rotatable bonds is 3. The van der Waals surface area contributed by atoms with Crippen LogP contribution in [0.15, 0.2) is 49.1 Å². The van der Waals surface area contributed by atoms with E-state index in [1.807, 2.05) is 24.3 Å². The van der Waals surface area contributed by atoms with Crippen molar-refractivity contribution in [3.8, 4) is 6.07 Å². The Labute approximate surface area is 94.4 Å². The molecule has 0 saturated carbocycles. The minimum absolute atomic E-state index is 0.155. The van der Waals surface area contributed by atoms with Crippen LogP contribution in [0.25, 0.3) is 0 Å². The number of hydrogen-bond acceptors (Lipinski definition) is 3. The van der Waals surface area contributed by atoms with Gasteiger partial charge in [-0.3, -0.25) is 9.97 Å². The molecular formula is C13H11N3. The molecule has 16 heavy (non-hydrogen) atoms. The van der Waals surface area contributed by atoms with Gasteiger partial charge in [0, 0.05) is 24.8 Å². The van der Waals surface area contributed by atoms with E-state index < -0.39 is 0 Å². The normalized spacial score (nSPS) is 11.7. The highest BCUT2D eigenvalue weighted by atomic mass is 14.6. The molecule has 1 atom stereocenters. The molecule has 2 heterocycles. The van der Waals surface area contributed by atoms with Crippen molar-refractivity contribution >= 4 is 0 Å². The molecule has 3 nitrogen and oxygen atoms in total. The Balaban J connectivity index is 2.17. The van der Waals surface area contributed by atoms with Gasteiger partial charge in [-0.05, 0) is 29.7 Å². The fourth-order valence-corrected chi connectivity index (χ4v) is 1.57. The molecule has 78 valence electrons. The Morgan fingerprint density at radius 1 is 1.12 bits per heavy atom. The van der Waals surface area contributed by atoms with E-state index in [0.29, 0.717) is 6.42 Å². The van der Waals surface area contributed by atoms with Crippen LogP contribution in [-0.2, 0) is 6.42 Å². The highest BCUT2D eigenvalue weighted by Gasteiger charge is 2.11. The first-order chi connectivity index (χ1) is 7.90. The van der Waals surface area contributed by atoms with Crippen molar-refractivity contribution in [2.45, 2.75) is 12.3 Å². The minimum atomic E-state index is -0.155. The Hall–Kier alpha value is -2.21. The summed E-state index contributed by atoms with van der Waals surface area (Å²) in [5, 5.41) is 9.14. The molecule has 3 heteroatoms. The van der Waals surface area contributed by atoms with E-state index in [0.717, 1.165) is 11.1 Å². The van der Waals surface area contributed by atoms with Gasteiger partial charge in [0.05, 0.1) is 12.0 Å². The van der Waals surface area contributed by atoms with Gasteiger partial charge in [-0.15, -0.1) is 0 Å². The Bertz CT molecular complexity index is 474. The monoisotopic (exact) mass is 209 g/mol. The van der Waals surface area contributed by atoms with Crippen molar-refractivity contribution < 1.29 is 0 Å². The first-order valence-electron chi connectivity index (χ1n) is 5.08. The van der Waals surface area contributed by atoms with E-state index in [1.54, 1.807) is 24.8 Å². The molecule has 1 unspecified atom stereocenters. The molecule has 2 aromatic rings. The van der Waals surface area contributed by atoms with Crippen LogP contribution in [0.4, 0.5) is 0 Å². The van der Waals surface area contributed by atoms with Gasteiger partial charge >= 0.3 is 0 Å². The molecule has 0 aliphatic carbocycles. The summed E-state index contributed by atoms with van der Waals surface area (Å²) in [6, 6.07) is 9.94. The zero-order valence-electron chi connectivity index (χ0n) is 8.74. The van der Waals surface area contributed by atoms with Crippen LogP contribution in [0.2, 0.25) is 0 Å². The van der Waals surface area contributed by atoms with Gasteiger partial charge in [-0.25, -0.2) is 0 Å². The summed E-state index contributed by atoms with van der Waals surface area (Å²) < 4.78 is 0. The van der Waals surface area contributed by atoms with Gasteiger partial charge in [-0.2, -0.15) is 5.26 Å². The Morgan fingerprint density at radius 3 is 2.44 bits per heavy atom. The van der Waals surface area contributed by atoms with Crippen LogP contribution in [0.5, 0.6) is 0 Å². The smallest absolute Gasteiger partial charge is 0.0768 e. The topological polar surface area (TPSA) is 49.6 Å². The summed E-state index contributed by atoms with van der Waals surface area (Å²) in [5.74, 6) is -0.155. The lowest BCUT2D eigenvalue weighted by Crippen LogP contribution is -2.01. The highest BCUT2D eigenvalue weighted by Crippen LogP contribution is 2.18. The maximum atomic E-state index is 9.14. The third kappa shape index (κ3) is 2.43. The maximum Gasteiger partial charge on any atom is 0.0768 e. The first kappa shape index (κ1) is 10.3. The molecule has 0 bridgehead atoms. The van der Waals surface area contributed by atoms with Crippen molar-refractivity contribution in [1.29, 1.82) is 5.26 Å². The molecule has 0 amide bonds. The molecule has 0 aromatic carbocycles. The Kier molecular flexibility index (Phi) is 3.25. The predicted molar refractivity (Wildman–Crippen MR) is 60.5 cm³/mol. The van der Waals surface area contributed by atoms with Gasteiger partial charge in [-0.1, -0.05) is 12.1 Å². The summed E-state index contributed by atoms with van der Waals surface area (Å²) in [5.41, 5.74) is 2.02. The third-order valence-electron chi connectivity index (χ3n) is 2.41. The molecule has 0 spiro atoms. The summed E-state index contributed by atoms with van der Waals surface area (Å²) >= 11 is 0. The van der Waals surface area contributed by atoms with Crippen LogP contribution < -0.4 is 0 Å². The number of nitrogens with zero attached hydrogens (tertiary/aromatic N) is 3. The number of nitriles is 1. The van der Waals surface area contributed by atoms with E-state index in [9.17, 15) is 0 Å². The second-order valence-electron chi connectivity index (χ2n) is 3.53. The first-order valence-corrected chi connectivity index (χ1v) is 5.08. The zero-order chi connectivity index (χ0) is 11.2. The van der Waals surface area contributed by atoms with Crippen LogP contribution in [-0.4, -0.2) is 9.97 Å². The second-order valence-corrected chi connectivity index (χ2v) is 3.53. The van der Waals surface area contributed by atoms with Gasteiger partial charge in [0.15, 0.2) is 0 Å².